The van der Waals surface area contributed by atoms with Gasteiger partial charge in [-0.25, -0.2) is 13.1 Å². The maximum Gasteiger partial charge on any atom is 1.00 e. The van der Waals surface area contributed by atoms with Gasteiger partial charge in [-0.2, -0.15) is 18.3 Å². The van der Waals surface area contributed by atoms with E-state index in [2.05, 4.69) is 9.82 Å². The molecular formula is C16H9Cl2F3N3NaO3S2. The fraction of sp³-hybridized carbons (Fsp3) is 0.125. The van der Waals surface area contributed by atoms with Crippen LogP contribution in [0.5, 0.6) is 0 Å². The summed E-state index contributed by atoms with van der Waals surface area (Å²) in [4.78, 5) is 10.7. The number of nitrogens with zero attached hydrogens (tertiary/aromatic N) is 3. The Morgan fingerprint density at radius 3 is 2.27 bits per heavy atom. The van der Waals surface area contributed by atoms with Crippen LogP contribution in [0.15, 0.2) is 40.6 Å². The molecule has 0 aliphatic heterocycles. The van der Waals surface area contributed by atoms with Crippen molar-refractivity contribution in [3.8, 4) is 16.9 Å². The number of hydrogen-bond donors (Lipinski definition) is 0. The Labute approximate surface area is 205 Å². The number of aromatic nitrogens is 2. The van der Waals surface area contributed by atoms with E-state index in [4.69, 9.17) is 23.2 Å². The van der Waals surface area contributed by atoms with E-state index >= 15 is 0 Å². The van der Waals surface area contributed by atoms with Crippen LogP contribution >= 0.6 is 34.5 Å². The minimum absolute atomic E-state index is 0. The molecule has 1 aromatic carbocycles. The zero-order chi connectivity index (χ0) is 21.6. The number of rotatable bonds is 4. The Balaban J connectivity index is 0.00000320. The van der Waals surface area contributed by atoms with E-state index in [0.29, 0.717) is 0 Å². The Morgan fingerprint density at radius 1 is 1.20 bits per heavy atom. The van der Waals surface area contributed by atoms with E-state index in [0.717, 1.165) is 41.1 Å². The molecule has 0 aliphatic rings. The first-order valence-corrected chi connectivity index (χ1v) is 10.7. The summed E-state index contributed by atoms with van der Waals surface area (Å²) in [6.45, 7) is 0.981. The zero-order valence-electron chi connectivity index (χ0n) is 15.2. The molecule has 0 atom stereocenters. The van der Waals surface area contributed by atoms with Gasteiger partial charge in [0.2, 0.25) is 0 Å². The van der Waals surface area contributed by atoms with E-state index in [9.17, 15) is 26.4 Å². The largest absolute Gasteiger partial charge is 1.00 e. The van der Waals surface area contributed by atoms with Gasteiger partial charge in [-0.05, 0) is 37.3 Å². The third-order valence-electron chi connectivity index (χ3n) is 3.59. The fourth-order valence-corrected chi connectivity index (χ4v) is 4.76. The van der Waals surface area contributed by atoms with Crippen molar-refractivity contribution in [2.75, 3.05) is 0 Å². The van der Waals surface area contributed by atoms with Gasteiger partial charge in [-0.15, -0.1) is 11.3 Å². The van der Waals surface area contributed by atoms with Crippen LogP contribution < -0.4 is 29.6 Å². The molecule has 0 unspecified atom stereocenters. The number of hydrogen-bond acceptors (Lipinski definition) is 5. The number of thiophene rings is 1. The summed E-state index contributed by atoms with van der Waals surface area (Å²) in [5, 5.41) is 5.20. The van der Waals surface area contributed by atoms with E-state index in [1.165, 1.54) is 17.5 Å². The minimum Gasteiger partial charge on any atom is -0.542 e. The van der Waals surface area contributed by atoms with Gasteiger partial charge in [-0.1, -0.05) is 23.2 Å². The topological polar surface area (TPSA) is 83.1 Å². The van der Waals surface area contributed by atoms with Crippen molar-refractivity contribution in [1.82, 2.24) is 9.78 Å². The molecule has 0 bridgehead atoms. The van der Waals surface area contributed by atoms with Crippen LogP contribution in [0.3, 0.4) is 0 Å². The molecule has 0 aliphatic carbocycles. The average molecular weight is 506 g/mol. The van der Waals surface area contributed by atoms with Crippen molar-refractivity contribution < 1.29 is 55.9 Å². The zero-order valence-corrected chi connectivity index (χ0v) is 20.4. The predicted octanol–water partition coefficient (Wildman–Crippen LogP) is 2.54. The molecule has 0 fully saturated rings. The minimum atomic E-state index is -4.72. The molecule has 2 heterocycles. The van der Waals surface area contributed by atoms with Gasteiger partial charge in [0.1, 0.15) is 14.4 Å². The van der Waals surface area contributed by atoms with Crippen molar-refractivity contribution >= 4 is 50.5 Å². The second-order valence-electron chi connectivity index (χ2n) is 5.64. The smallest absolute Gasteiger partial charge is 0.542 e. The van der Waals surface area contributed by atoms with Crippen LogP contribution in [0.1, 0.15) is 12.6 Å². The van der Waals surface area contributed by atoms with Crippen molar-refractivity contribution in [3.63, 3.8) is 0 Å². The van der Waals surface area contributed by atoms with Crippen molar-refractivity contribution in [2.24, 2.45) is 0 Å². The molecule has 0 saturated heterocycles. The number of sulfonamides is 1. The number of alkyl halides is 3. The maximum absolute atomic E-state index is 13.2. The molecule has 3 aromatic rings. The second kappa shape index (κ2) is 9.19. The van der Waals surface area contributed by atoms with Gasteiger partial charge in [0.25, 0.3) is 0 Å². The summed E-state index contributed by atoms with van der Waals surface area (Å²) in [6, 6.07) is 5.47. The number of halogens is 5. The van der Waals surface area contributed by atoms with Gasteiger partial charge in [0.15, 0.2) is 5.69 Å². The van der Waals surface area contributed by atoms with Gasteiger partial charge >= 0.3 is 35.7 Å². The summed E-state index contributed by atoms with van der Waals surface area (Å²) >= 11 is 13.2. The van der Waals surface area contributed by atoms with E-state index in [1.54, 1.807) is 0 Å². The summed E-state index contributed by atoms with van der Waals surface area (Å²) in [6.07, 6.45) is -4.72. The maximum atomic E-state index is 13.2. The second-order valence-corrected chi connectivity index (χ2v) is 9.13. The molecule has 0 saturated carbocycles. The Bertz CT molecular complexity index is 1170. The Morgan fingerprint density at radius 2 is 1.80 bits per heavy atom. The first-order chi connectivity index (χ1) is 13.4. The standard InChI is InChI=1S/C16H10Cl2F3N3O3S2.Na/c1-8(25)23-29(26,27)10-4-2-9(3-5-10)24-12(6-13(22-24)16(19,20)21)14-11(17)7-28-15(14)18;/h2-7H,1H3,(H,23,25);/q;+1/p-1. The first kappa shape index (κ1) is 25.2. The summed E-state index contributed by atoms with van der Waals surface area (Å²) in [7, 11) is -4.22. The molecule has 0 N–H and O–H groups in total. The predicted molar refractivity (Wildman–Crippen MR) is 103 cm³/mol. The van der Waals surface area contributed by atoms with Gasteiger partial charge in [0, 0.05) is 10.9 Å². The number of amides is 1. The van der Waals surface area contributed by atoms with Crippen molar-refractivity contribution in [3.05, 3.63) is 55.5 Å². The van der Waals surface area contributed by atoms with Gasteiger partial charge in [0.05, 0.1) is 27.2 Å². The first-order valence-electron chi connectivity index (χ1n) is 7.59. The van der Waals surface area contributed by atoms with Crippen molar-refractivity contribution in [1.29, 1.82) is 0 Å². The van der Waals surface area contributed by atoms with Crippen molar-refractivity contribution in [2.45, 2.75) is 18.0 Å². The van der Waals surface area contributed by atoms with Crippen LogP contribution in [0, 0.1) is 0 Å². The molecule has 3 rings (SSSR count). The quantitative estimate of drug-likeness (QED) is 0.510. The molecule has 1 amide bonds. The van der Waals surface area contributed by atoms with Crippen LogP contribution in [0.25, 0.3) is 21.7 Å². The Hall–Kier alpha value is -1.08. The normalized spacial score (nSPS) is 11.8. The van der Waals surface area contributed by atoms with Crippen LogP contribution in [0.4, 0.5) is 13.2 Å². The van der Waals surface area contributed by atoms with E-state index in [-0.39, 0.29) is 60.8 Å². The molecular weight excluding hydrogens is 497 g/mol. The van der Waals surface area contributed by atoms with E-state index in [1.807, 2.05) is 0 Å². The molecule has 14 heteroatoms. The number of carbonyl (C=O) groups excluding carboxylic acids is 1. The molecule has 30 heavy (non-hydrogen) atoms. The average Bonchev–Trinajstić information content (AvgIpc) is 3.17. The van der Waals surface area contributed by atoms with Crippen LogP contribution in [-0.2, 0) is 21.0 Å². The summed E-state index contributed by atoms with van der Waals surface area (Å²) in [5.41, 5.74) is -0.896. The molecule has 2 aromatic heterocycles. The third kappa shape index (κ3) is 5.21. The van der Waals surface area contributed by atoms with Gasteiger partial charge in [-0.3, -0.25) is 0 Å². The number of carbonyl (C=O) groups is 1. The number of benzene rings is 1. The fourth-order valence-electron chi connectivity index (χ4n) is 2.41. The van der Waals surface area contributed by atoms with Gasteiger partial charge < -0.3 is 9.52 Å². The molecule has 154 valence electrons. The molecule has 0 radical (unpaired) electrons. The van der Waals surface area contributed by atoms with Crippen LogP contribution in [0.2, 0.25) is 9.36 Å². The summed E-state index contributed by atoms with van der Waals surface area (Å²) < 4.78 is 67.8. The molecule has 6 nitrogen and oxygen atoms in total. The SMILES string of the molecule is CC(=O)[N-]S(=O)(=O)c1ccc(-n2nc(C(F)(F)F)cc2-c2c(Cl)csc2Cl)cc1.[Na+]. The van der Waals surface area contributed by atoms with Crippen LogP contribution in [-0.4, -0.2) is 24.1 Å². The summed E-state index contributed by atoms with van der Waals surface area (Å²) in [5.74, 6) is -0.903. The monoisotopic (exact) mass is 505 g/mol. The Kier molecular flexibility index (Phi) is 7.71. The van der Waals surface area contributed by atoms with E-state index < -0.39 is 27.8 Å². The third-order valence-corrected chi connectivity index (χ3v) is 6.60. The molecule has 0 spiro atoms.